The van der Waals surface area contributed by atoms with E-state index < -0.39 is 5.91 Å². The Bertz CT molecular complexity index is 539. The maximum Gasteiger partial charge on any atom is 0.259 e. The van der Waals surface area contributed by atoms with Gasteiger partial charge in [0.15, 0.2) is 0 Å². The first kappa shape index (κ1) is 10.9. The van der Waals surface area contributed by atoms with Gasteiger partial charge in [-0.3, -0.25) is 9.78 Å². The molecule has 86 valence electrons. The highest BCUT2D eigenvalue weighted by Gasteiger charge is 2.10. The molecule has 0 aromatic carbocycles. The predicted octanol–water partition coefficient (Wildman–Crippen LogP) is 1.02. The van der Waals surface area contributed by atoms with Crippen LogP contribution in [0.25, 0.3) is 0 Å². The van der Waals surface area contributed by atoms with Gasteiger partial charge in [-0.2, -0.15) is 0 Å². The molecule has 0 aliphatic rings. The summed E-state index contributed by atoms with van der Waals surface area (Å²) in [5.41, 5.74) is 6.07. The van der Waals surface area contributed by atoms with Gasteiger partial charge in [-0.1, -0.05) is 0 Å². The van der Waals surface area contributed by atoms with Crippen LogP contribution in [0.5, 0.6) is 5.75 Å². The van der Waals surface area contributed by atoms with Gasteiger partial charge in [-0.25, -0.2) is 4.98 Å². The summed E-state index contributed by atoms with van der Waals surface area (Å²) < 4.78 is 0. The van der Waals surface area contributed by atoms with Crippen molar-refractivity contribution >= 4 is 17.4 Å². The lowest BCUT2D eigenvalue weighted by Gasteiger charge is -2.05. The van der Waals surface area contributed by atoms with Crippen molar-refractivity contribution < 1.29 is 9.90 Å². The summed E-state index contributed by atoms with van der Waals surface area (Å²) in [5, 5.41) is 12.0. The Hall–Kier alpha value is -2.63. The van der Waals surface area contributed by atoms with Crippen LogP contribution in [0, 0.1) is 0 Å². The zero-order valence-electron chi connectivity index (χ0n) is 8.79. The van der Waals surface area contributed by atoms with E-state index in [9.17, 15) is 9.90 Å². The Morgan fingerprint density at radius 1 is 1.29 bits per heavy atom. The van der Waals surface area contributed by atoms with E-state index in [0.29, 0.717) is 11.5 Å². The predicted molar refractivity (Wildman–Crippen MR) is 62.5 cm³/mol. The van der Waals surface area contributed by atoms with Crippen molar-refractivity contribution in [3.8, 4) is 5.75 Å². The molecule has 0 aliphatic carbocycles. The van der Waals surface area contributed by atoms with Gasteiger partial charge in [-0.05, 0) is 18.2 Å². The number of nitrogens with two attached hydrogens (primary N) is 1. The van der Waals surface area contributed by atoms with Gasteiger partial charge in [-0.15, -0.1) is 0 Å². The first-order chi connectivity index (χ1) is 8.16. The maximum atomic E-state index is 11.8. The van der Waals surface area contributed by atoms with Gasteiger partial charge in [0.05, 0.1) is 23.6 Å². The van der Waals surface area contributed by atoms with Crippen LogP contribution in [-0.4, -0.2) is 21.0 Å². The average Bonchev–Trinajstić information content (AvgIpc) is 2.32. The molecule has 0 unspecified atom stereocenters. The van der Waals surface area contributed by atoms with E-state index in [4.69, 9.17) is 5.73 Å². The third kappa shape index (κ3) is 2.49. The summed E-state index contributed by atoms with van der Waals surface area (Å²) >= 11 is 0. The highest BCUT2D eigenvalue weighted by atomic mass is 16.3. The standard InChI is InChI=1S/C11H10N4O2/c12-10-2-1-7(5-14-10)15-11(17)8-3-4-13-6-9(8)16/h1-6,16H,(H2,12,14)(H,15,17). The third-order valence-electron chi connectivity index (χ3n) is 2.09. The molecule has 2 aromatic heterocycles. The Morgan fingerprint density at radius 2 is 2.12 bits per heavy atom. The number of anilines is 2. The number of aromatic nitrogens is 2. The van der Waals surface area contributed by atoms with Gasteiger partial charge in [0, 0.05) is 6.20 Å². The Balaban J connectivity index is 2.17. The molecule has 0 radical (unpaired) electrons. The molecule has 17 heavy (non-hydrogen) atoms. The highest BCUT2D eigenvalue weighted by Crippen LogP contribution is 2.16. The minimum Gasteiger partial charge on any atom is -0.505 e. The molecule has 0 saturated carbocycles. The number of nitrogens with one attached hydrogen (secondary N) is 1. The van der Waals surface area contributed by atoms with Crippen molar-refractivity contribution in [2.24, 2.45) is 0 Å². The summed E-state index contributed by atoms with van der Waals surface area (Å²) in [7, 11) is 0. The number of aromatic hydroxyl groups is 1. The fourth-order valence-electron chi connectivity index (χ4n) is 1.26. The molecular formula is C11H10N4O2. The maximum absolute atomic E-state index is 11.8. The van der Waals surface area contributed by atoms with Crippen LogP contribution >= 0.6 is 0 Å². The van der Waals surface area contributed by atoms with Gasteiger partial charge < -0.3 is 16.2 Å². The fourth-order valence-corrected chi connectivity index (χ4v) is 1.26. The number of hydrogen-bond donors (Lipinski definition) is 3. The summed E-state index contributed by atoms with van der Waals surface area (Å²) in [6.07, 6.45) is 4.07. The molecule has 0 bridgehead atoms. The van der Waals surface area contributed by atoms with Crippen molar-refractivity contribution in [3.63, 3.8) is 0 Å². The highest BCUT2D eigenvalue weighted by molar-refractivity contribution is 6.05. The zero-order valence-corrected chi connectivity index (χ0v) is 8.79. The Morgan fingerprint density at radius 3 is 2.76 bits per heavy atom. The minimum absolute atomic E-state index is 0.150. The molecule has 2 aromatic rings. The Labute approximate surface area is 97.1 Å². The SMILES string of the molecule is Nc1ccc(NC(=O)c2ccncc2O)cn1. The zero-order chi connectivity index (χ0) is 12.3. The second-order valence-electron chi connectivity index (χ2n) is 3.32. The average molecular weight is 230 g/mol. The monoisotopic (exact) mass is 230 g/mol. The lowest BCUT2D eigenvalue weighted by molar-refractivity contribution is 0.102. The Kier molecular flexibility index (Phi) is 2.87. The van der Waals surface area contributed by atoms with E-state index >= 15 is 0 Å². The van der Waals surface area contributed by atoms with Crippen LogP contribution in [-0.2, 0) is 0 Å². The topological polar surface area (TPSA) is 101 Å². The second kappa shape index (κ2) is 4.48. The molecule has 2 rings (SSSR count). The molecular weight excluding hydrogens is 220 g/mol. The molecule has 0 saturated heterocycles. The minimum atomic E-state index is -0.434. The molecule has 6 heteroatoms. The summed E-state index contributed by atoms with van der Waals surface area (Å²) in [6.45, 7) is 0. The lowest BCUT2D eigenvalue weighted by atomic mass is 10.2. The summed E-state index contributed by atoms with van der Waals surface area (Å²) in [6, 6.07) is 4.62. The lowest BCUT2D eigenvalue weighted by Crippen LogP contribution is -2.12. The van der Waals surface area contributed by atoms with Gasteiger partial charge in [0.25, 0.3) is 5.91 Å². The van der Waals surface area contributed by atoms with Crippen LogP contribution in [0.4, 0.5) is 11.5 Å². The first-order valence-corrected chi connectivity index (χ1v) is 4.82. The number of amides is 1. The second-order valence-corrected chi connectivity index (χ2v) is 3.32. The molecule has 2 heterocycles. The number of nitrogen functional groups attached to an aromatic ring is 1. The van der Waals surface area contributed by atoms with E-state index in [0.717, 1.165) is 0 Å². The largest absolute Gasteiger partial charge is 0.505 e. The smallest absolute Gasteiger partial charge is 0.259 e. The van der Waals surface area contributed by atoms with E-state index in [-0.39, 0.29) is 11.3 Å². The summed E-state index contributed by atoms with van der Waals surface area (Å²) in [5.74, 6) is -0.236. The van der Waals surface area contributed by atoms with Crippen molar-refractivity contribution in [3.05, 3.63) is 42.4 Å². The molecule has 0 aliphatic heterocycles. The van der Waals surface area contributed by atoms with Gasteiger partial charge in [0.2, 0.25) is 0 Å². The van der Waals surface area contributed by atoms with Crippen molar-refractivity contribution in [2.75, 3.05) is 11.1 Å². The summed E-state index contributed by atoms with van der Waals surface area (Å²) in [4.78, 5) is 19.3. The number of pyridine rings is 2. The van der Waals surface area contributed by atoms with Crippen molar-refractivity contribution in [2.45, 2.75) is 0 Å². The molecule has 0 fully saturated rings. The van der Waals surface area contributed by atoms with Crippen molar-refractivity contribution in [1.29, 1.82) is 0 Å². The number of nitrogens with zero attached hydrogens (tertiary/aromatic N) is 2. The van der Waals surface area contributed by atoms with Crippen LogP contribution in [0.15, 0.2) is 36.8 Å². The first-order valence-electron chi connectivity index (χ1n) is 4.82. The molecule has 0 atom stereocenters. The normalized spacial score (nSPS) is 9.88. The van der Waals surface area contributed by atoms with Crippen molar-refractivity contribution in [1.82, 2.24) is 9.97 Å². The molecule has 0 spiro atoms. The van der Waals surface area contributed by atoms with E-state index in [2.05, 4.69) is 15.3 Å². The van der Waals surface area contributed by atoms with Crippen LogP contribution in [0.1, 0.15) is 10.4 Å². The number of carbonyl (C=O) groups is 1. The van der Waals surface area contributed by atoms with Gasteiger partial charge in [0.1, 0.15) is 11.6 Å². The number of carbonyl (C=O) groups excluding carboxylic acids is 1. The molecule has 6 nitrogen and oxygen atoms in total. The number of rotatable bonds is 2. The van der Waals surface area contributed by atoms with E-state index in [1.165, 1.54) is 24.7 Å². The molecule has 4 N–H and O–H groups in total. The van der Waals surface area contributed by atoms with Crippen LogP contribution in [0.3, 0.4) is 0 Å². The quantitative estimate of drug-likeness (QED) is 0.714. The number of hydrogen-bond acceptors (Lipinski definition) is 5. The third-order valence-corrected chi connectivity index (χ3v) is 2.09. The van der Waals surface area contributed by atoms with E-state index in [1.807, 2.05) is 0 Å². The van der Waals surface area contributed by atoms with Gasteiger partial charge >= 0.3 is 0 Å². The van der Waals surface area contributed by atoms with Crippen LogP contribution < -0.4 is 11.1 Å². The molecule has 1 amide bonds. The van der Waals surface area contributed by atoms with Crippen LogP contribution in [0.2, 0.25) is 0 Å². The fraction of sp³-hybridized carbons (Fsp3) is 0. The van der Waals surface area contributed by atoms with E-state index in [1.54, 1.807) is 12.1 Å².